The number of amides is 1. The number of nitrogens with one attached hydrogen (secondary N) is 1. The summed E-state index contributed by atoms with van der Waals surface area (Å²) in [6.45, 7) is 2.29. The van der Waals surface area contributed by atoms with Crippen LogP contribution in [0.4, 0.5) is 11.5 Å². The maximum Gasteiger partial charge on any atom is 0.222 e. The summed E-state index contributed by atoms with van der Waals surface area (Å²) >= 11 is 0. The quantitative estimate of drug-likeness (QED) is 0.913. The first-order valence-corrected chi connectivity index (χ1v) is 6.14. The Hall–Kier alpha value is -2.36. The molecule has 4 heteroatoms. The van der Waals surface area contributed by atoms with Crippen molar-refractivity contribution in [2.24, 2.45) is 0 Å². The van der Waals surface area contributed by atoms with Gasteiger partial charge in [0.05, 0.1) is 11.9 Å². The number of pyridine rings is 1. The van der Waals surface area contributed by atoms with Gasteiger partial charge in [-0.1, -0.05) is 30.3 Å². The molecule has 0 aliphatic rings. The molecule has 0 aliphatic heterocycles. The van der Waals surface area contributed by atoms with Gasteiger partial charge in [-0.25, -0.2) is 4.98 Å². The van der Waals surface area contributed by atoms with Crippen LogP contribution in [-0.4, -0.2) is 17.9 Å². The van der Waals surface area contributed by atoms with E-state index in [0.717, 1.165) is 12.2 Å². The summed E-state index contributed by atoms with van der Waals surface area (Å²) in [7, 11) is 2.02. The lowest BCUT2D eigenvalue weighted by Crippen LogP contribution is -2.16. The molecule has 0 saturated carbocycles. The second kappa shape index (κ2) is 6.00. The third-order valence-corrected chi connectivity index (χ3v) is 2.76. The van der Waals surface area contributed by atoms with Crippen LogP contribution in [0.2, 0.25) is 0 Å². The van der Waals surface area contributed by atoms with Gasteiger partial charge in [0.2, 0.25) is 5.91 Å². The van der Waals surface area contributed by atoms with Gasteiger partial charge in [0.1, 0.15) is 5.82 Å². The van der Waals surface area contributed by atoms with Gasteiger partial charge in [-0.3, -0.25) is 4.79 Å². The topological polar surface area (TPSA) is 45.2 Å². The highest BCUT2D eigenvalue weighted by Gasteiger charge is 2.03. The molecule has 1 aromatic carbocycles. The molecular weight excluding hydrogens is 238 g/mol. The zero-order chi connectivity index (χ0) is 13.7. The van der Waals surface area contributed by atoms with Crippen LogP contribution in [0.5, 0.6) is 0 Å². The Labute approximate surface area is 113 Å². The maximum absolute atomic E-state index is 10.9. The molecule has 0 spiro atoms. The molecule has 1 N–H and O–H groups in total. The zero-order valence-corrected chi connectivity index (χ0v) is 11.1. The molecule has 2 aromatic rings. The van der Waals surface area contributed by atoms with E-state index >= 15 is 0 Å². The van der Waals surface area contributed by atoms with Gasteiger partial charge in [-0.05, 0) is 17.7 Å². The highest BCUT2D eigenvalue weighted by atomic mass is 16.1. The average molecular weight is 255 g/mol. The molecule has 0 radical (unpaired) electrons. The molecule has 2 rings (SSSR count). The first kappa shape index (κ1) is 13.1. The Morgan fingerprint density at radius 3 is 2.53 bits per heavy atom. The molecule has 1 heterocycles. The van der Waals surface area contributed by atoms with Crippen LogP contribution in [0, 0.1) is 0 Å². The molecule has 4 nitrogen and oxygen atoms in total. The predicted octanol–water partition coefficient (Wildman–Crippen LogP) is 2.68. The van der Waals surface area contributed by atoms with Crippen molar-refractivity contribution in [1.82, 2.24) is 4.98 Å². The fourth-order valence-corrected chi connectivity index (χ4v) is 1.81. The molecule has 0 aliphatic carbocycles. The minimum Gasteiger partial charge on any atom is -0.369 e. The summed E-state index contributed by atoms with van der Waals surface area (Å²) in [5.74, 6) is 0.460. The summed E-state index contributed by atoms with van der Waals surface area (Å²) in [5, 5.41) is 2.65. The van der Waals surface area contributed by atoms with Crippen molar-refractivity contribution >= 4 is 17.4 Å². The number of carbonyl (C=O) groups excluding carboxylic acids is 1. The van der Waals surface area contributed by atoms with Crippen LogP contribution in [-0.2, 0) is 11.3 Å². The van der Waals surface area contributed by atoms with Crippen molar-refractivity contribution in [3.63, 3.8) is 0 Å². The molecule has 19 heavy (non-hydrogen) atoms. The van der Waals surface area contributed by atoms with Gasteiger partial charge in [-0.2, -0.15) is 0 Å². The van der Waals surface area contributed by atoms with E-state index in [2.05, 4.69) is 27.3 Å². The summed E-state index contributed by atoms with van der Waals surface area (Å²) in [6.07, 6.45) is 1.76. The van der Waals surface area contributed by atoms with E-state index in [4.69, 9.17) is 0 Å². The van der Waals surface area contributed by atoms with Gasteiger partial charge >= 0.3 is 0 Å². The average Bonchev–Trinajstić information content (AvgIpc) is 2.40. The SMILES string of the molecule is CC(=O)Nc1ccc(N(C)Cc2ccccc2)cn1. The van der Waals surface area contributed by atoms with E-state index in [9.17, 15) is 4.79 Å². The third-order valence-electron chi connectivity index (χ3n) is 2.76. The second-order valence-electron chi connectivity index (χ2n) is 4.42. The van der Waals surface area contributed by atoms with E-state index in [-0.39, 0.29) is 5.91 Å². The smallest absolute Gasteiger partial charge is 0.222 e. The molecule has 0 fully saturated rings. The first-order valence-electron chi connectivity index (χ1n) is 6.14. The van der Waals surface area contributed by atoms with Gasteiger partial charge in [0.15, 0.2) is 0 Å². The highest BCUT2D eigenvalue weighted by molar-refractivity contribution is 5.87. The molecule has 0 atom stereocenters. The molecular formula is C15H17N3O. The highest BCUT2D eigenvalue weighted by Crippen LogP contribution is 2.16. The van der Waals surface area contributed by atoms with Gasteiger partial charge in [-0.15, -0.1) is 0 Å². The number of rotatable bonds is 4. The molecule has 1 amide bonds. The fraction of sp³-hybridized carbons (Fsp3) is 0.200. The number of aromatic nitrogens is 1. The van der Waals surface area contributed by atoms with Crippen molar-refractivity contribution in [2.75, 3.05) is 17.3 Å². The summed E-state index contributed by atoms with van der Waals surface area (Å²) in [4.78, 5) is 17.2. The normalized spacial score (nSPS) is 10.0. The number of benzene rings is 1. The van der Waals surface area contributed by atoms with Gasteiger partial charge in [0.25, 0.3) is 0 Å². The van der Waals surface area contributed by atoms with Crippen molar-refractivity contribution in [2.45, 2.75) is 13.5 Å². The van der Waals surface area contributed by atoms with E-state index < -0.39 is 0 Å². The summed E-state index contributed by atoms with van der Waals surface area (Å²) < 4.78 is 0. The number of nitrogens with zero attached hydrogens (tertiary/aromatic N) is 2. The maximum atomic E-state index is 10.9. The van der Waals surface area contributed by atoms with Gasteiger partial charge < -0.3 is 10.2 Å². The lowest BCUT2D eigenvalue weighted by atomic mass is 10.2. The van der Waals surface area contributed by atoms with Gasteiger partial charge in [0, 0.05) is 20.5 Å². The van der Waals surface area contributed by atoms with E-state index in [1.807, 2.05) is 31.3 Å². The van der Waals surface area contributed by atoms with Crippen LogP contribution >= 0.6 is 0 Å². The Morgan fingerprint density at radius 1 is 1.21 bits per heavy atom. The van der Waals surface area contributed by atoms with E-state index in [1.165, 1.54) is 12.5 Å². The molecule has 0 saturated heterocycles. The Kier molecular flexibility index (Phi) is 4.13. The van der Waals surface area contributed by atoms with Crippen molar-refractivity contribution in [1.29, 1.82) is 0 Å². The molecule has 98 valence electrons. The lowest BCUT2D eigenvalue weighted by molar-refractivity contribution is -0.114. The molecule has 0 unspecified atom stereocenters. The number of anilines is 2. The fourth-order valence-electron chi connectivity index (χ4n) is 1.81. The second-order valence-corrected chi connectivity index (χ2v) is 4.42. The third kappa shape index (κ3) is 3.81. The van der Waals surface area contributed by atoms with E-state index in [0.29, 0.717) is 5.82 Å². The van der Waals surface area contributed by atoms with Crippen LogP contribution in [0.15, 0.2) is 48.7 Å². The number of hydrogen-bond acceptors (Lipinski definition) is 3. The monoisotopic (exact) mass is 255 g/mol. The molecule has 0 bridgehead atoms. The van der Waals surface area contributed by atoms with E-state index in [1.54, 1.807) is 12.3 Å². The van der Waals surface area contributed by atoms with Crippen LogP contribution in [0.1, 0.15) is 12.5 Å². The standard InChI is InChI=1S/C15H17N3O/c1-12(19)17-15-9-8-14(10-16-15)18(2)11-13-6-4-3-5-7-13/h3-10H,11H2,1-2H3,(H,16,17,19). The van der Waals surface area contributed by atoms with Crippen molar-refractivity contribution in [3.8, 4) is 0 Å². The van der Waals surface area contributed by atoms with Crippen molar-refractivity contribution in [3.05, 3.63) is 54.2 Å². The largest absolute Gasteiger partial charge is 0.369 e. The zero-order valence-electron chi connectivity index (χ0n) is 11.1. The number of hydrogen-bond donors (Lipinski definition) is 1. The summed E-state index contributed by atoms with van der Waals surface area (Å²) in [6, 6.07) is 14.0. The Bertz CT molecular complexity index is 537. The molecule has 1 aromatic heterocycles. The minimum absolute atomic E-state index is 0.113. The Morgan fingerprint density at radius 2 is 1.95 bits per heavy atom. The Balaban J connectivity index is 2.03. The lowest BCUT2D eigenvalue weighted by Gasteiger charge is -2.19. The van der Waals surface area contributed by atoms with Crippen LogP contribution in [0.25, 0.3) is 0 Å². The number of carbonyl (C=O) groups is 1. The minimum atomic E-state index is -0.113. The summed E-state index contributed by atoms with van der Waals surface area (Å²) in [5.41, 5.74) is 2.26. The van der Waals surface area contributed by atoms with Crippen LogP contribution in [0.3, 0.4) is 0 Å². The predicted molar refractivity (Wildman–Crippen MR) is 77.1 cm³/mol. The van der Waals surface area contributed by atoms with Crippen LogP contribution < -0.4 is 10.2 Å². The van der Waals surface area contributed by atoms with Crippen molar-refractivity contribution < 1.29 is 4.79 Å². The first-order chi connectivity index (χ1) is 9.15.